The molecule has 1 aromatic heterocycles. The Labute approximate surface area is 123 Å². The summed E-state index contributed by atoms with van der Waals surface area (Å²) >= 11 is 7.72. The molecule has 1 heterocycles. The van der Waals surface area contributed by atoms with E-state index in [0.717, 1.165) is 26.3 Å². The molecule has 1 N–H and O–H groups in total. The van der Waals surface area contributed by atoms with Crippen molar-refractivity contribution in [1.82, 2.24) is 10.2 Å². The molecule has 0 atom stereocenters. The summed E-state index contributed by atoms with van der Waals surface area (Å²) in [4.78, 5) is 10.4. The van der Waals surface area contributed by atoms with Crippen molar-refractivity contribution in [1.29, 1.82) is 0 Å². The smallest absolute Gasteiger partial charge is 0.314 e. The van der Waals surface area contributed by atoms with Crippen LogP contribution in [0.2, 0.25) is 0 Å². The third-order valence-corrected chi connectivity index (χ3v) is 3.55. The van der Waals surface area contributed by atoms with E-state index in [-0.39, 0.29) is 11.0 Å². The lowest BCUT2D eigenvalue weighted by atomic mass is 10.2. The highest BCUT2D eigenvalue weighted by Crippen LogP contribution is 2.28. The zero-order chi connectivity index (χ0) is 13.1. The van der Waals surface area contributed by atoms with Crippen LogP contribution in [0, 0.1) is 0 Å². The number of rotatable bonds is 4. The number of carbonyl (C=O) groups is 1. The van der Waals surface area contributed by atoms with Crippen LogP contribution in [0.15, 0.2) is 36.8 Å². The Balaban J connectivity index is 2.21. The van der Waals surface area contributed by atoms with Crippen LogP contribution in [0.1, 0.15) is 0 Å². The van der Waals surface area contributed by atoms with Crippen molar-refractivity contribution in [2.75, 3.05) is 5.75 Å². The fraction of sp³-hybridized carbons (Fsp3) is 0.100. The van der Waals surface area contributed by atoms with Crippen molar-refractivity contribution in [2.24, 2.45) is 0 Å². The molecule has 0 fully saturated rings. The largest absolute Gasteiger partial charge is 0.481 e. The summed E-state index contributed by atoms with van der Waals surface area (Å²) < 4.78 is 7.12. The van der Waals surface area contributed by atoms with Gasteiger partial charge in [0.15, 0.2) is 0 Å². The van der Waals surface area contributed by atoms with Crippen LogP contribution >= 0.6 is 43.6 Å². The van der Waals surface area contributed by atoms with Crippen molar-refractivity contribution in [3.05, 3.63) is 27.1 Å². The summed E-state index contributed by atoms with van der Waals surface area (Å²) in [7, 11) is 0. The Morgan fingerprint density at radius 1 is 1.28 bits per heavy atom. The first-order chi connectivity index (χ1) is 8.54. The summed E-state index contributed by atoms with van der Waals surface area (Å²) in [6.45, 7) is 0. The van der Waals surface area contributed by atoms with Crippen molar-refractivity contribution >= 4 is 49.6 Å². The van der Waals surface area contributed by atoms with Gasteiger partial charge in [0.1, 0.15) is 5.75 Å². The van der Waals surface area contributed by atoms with Gasteiger partial charge < -0.3 is 9.52 Å². The van der Waals surface area contributed by atoms with Crippen molar-refractivity contribution in [3.63, 3.8) is 0 Å². The second kappa shape index (κ2) is 5.85. The average molecular weight is 394 g/mol. The summed E-state index contributed by atoms with van der Waals surface area (Å²) in [6.07, 6.45) is 0. The first-order valence-corrected chi connectivity index (χ1v) is 7.26. The minimum Gasteiger partial charge on any atom is -0.481 e. The number of hydrogen-bond acceptors (Lipinski definition) is 5. The molecular formula is C10H6Br2N2O3S. The zero-order valence-corrected chi connectivity index (χ0v) is 12.7. The van der Waals surface area contributed by atoms with Gasteiger partial charge >= 0.3 is 5.97 Å². The minimum absolute atomic E-state index is 0.107. The van der Waals surface area contributed by atoms with Gasteiger partial charge in [0.25, 0.3) is 5.22 Å². The Morgan fingerprint density at radius 3 is 2.56 bits per heavy atom. The summed E-state index contributed by atoms with van der Waals surface area (Å²) in [5, 5.41) is 16.4. The SMILES string of the molecule is O=C(O)CSc1nnc(-c2cc(Br)cc(Br)c2)o1. The number of nitrogens with zero attached hydrogens (tertiary/aromatic N) is 2. The van der Waals surface area contributed by atoms with E-state index >= 15 is 0 Å². The van der Waals surface area contributed by atoms with Gasteiger partial charge in [0.05, 0.1) is 0 Å². The topological polar surface area (TPSA) is 76.2 Å². The fourth-order valence-electron chi connectivity index (χ4n) is 1.19. The lowest BCUT2D eigenvalue weighted by molar-refractivity contribution is -0.133. The molecule has 0 aliphatic rings. The molecule has 94 valence electrons. The number of aromatic nitrogens is 2. The van der Waals surface area contributed by atoms with Crippen LogP contribution in [-0.2, 0) is 4.79 Å². The number of carboxylic acids is 1. The Morgan fingerprint density at radius 2 is 1.94 bits per heavy atom. The third-order valence-electron chi connectivity index (χ3n) is 1.84. The van der Waals surface area contributed by atoms with Gasteiger partial charge in [-0.25, -0.2) is 0 Å². The van der Waals surface area contributed by atoms with Crippen LogP contribution in [0.5, 0.6) is 0 Å². The highest BCUT2D eigenvalue weighted by molar-refractivity contribution is 9.11. The Bertz CT molecular complexity index is 568. The van der Waals surface area contributed by atoms with Gasteiger partial charge in [-0.3, -0.25) is 4.79 Å². The number of halogens is 2. The van der Waals surface area contributed by atoms with Crippen LogP contribution in [0.25, 0.3) is 11.5 Å². The molecule has 18 heavy (non-hydrogen) atoms. The first-order valence-electron chi connectivity index (χ1n) is 4.69. The quantitative estimate of drug-likeness (QED) is 0.801. The van der Waals surface area contributed by atoms with Gasteiger partial charge in [0.2, 0.25) is 5.89 Å². The normalized spacial score (nSPS) is 10.6. The average Bonchev–Trinajstić information content (AvgIpc) is 2.73. The summed E-state index contributed by atoms with van der Waals surface area (Å²) in [5.74, 6) is -0.682. The van der Waals surface area contributed by atoms with Crippen LogP contribution in [-0.4, -0.2) is 27.0 Å². The molecule has 0 amide bonds. The standard InChI is InChI=1S/C10H6Br2N2O3S/c11-6-1-5(2-7(12)3-6)9-13-14-10(17-9)18-4-8(15)16/h1-3H,4H2,(H,15,16). The van der Waals surface area contributed by atoms with Crippen molar-refractivity contribution in [2.45, 2.75) is 5.22 Å². The number of thioether (sulfide) groups is 1. The molecule has 1 aromatic carbocycles. The van der Waals surface area contributed by atoms with Gasteiger partial charge in [-0.2, -0.15) is 0 Å². The van der Waals surface area contributed by atoms with Gasteiger partial charge in [-0.05, 0) is 18.2 Å². The van der Waals surface area contributed by atoms with Crippen LogP contribution < -0.4 is 0 Å². The highest BCUT2D eigenvalue weighted by atomic mass is 79.9. The third kappa shape index (κ3) is 3.56. The molecule has 0 aliphatic heterocycles. The summed E-state index contributed by atoms with van der Waals surface area (Å²) in [6, 6.07) is 5.56. The Kier molecular flexibility index (Phi) is 4.41. The molecular weight excluding hydrogens is 388 g/mol. The van der Waals surface area contributed by atoms with Crippen molar-refractivity contribution in [3.8, 4) is 11.5 Å². The lowest BCUT2D eigenvalue weighted by Crippen LogP contribution is -1.97. The molecule has 5 nitrogen and oxygen atoms in total. The molecule has 0 unspecified atom stereocenters. The number of hydrogen-bond donors (Lipinski definition) is 1. The van der Waals surface area contributed by atoms with E-state index in [4.69, 9.17) is 9.52 Å². The van der Waals surface area contributed by atoms with E-state index in [1.54, 1.807) is 0 Å². The molecule has 0 radical (unpaired) electrons. The predicted molar refractivity (Wildman–Crippen MR) is 73.5 cm³/mol. The van der Waals surface area contributed by atoms with Gasteiger partial charge in [-0.15, -0.1) is 10.2 Å². The second-order valence-corrected chi connectivity index (χ2v) is 5.97. The molecule has 0 saturated carbocycles. The van der Waals surface area contributed by atoms with Crippen LogP contribution in [0.4, 0.5) is 0 Å². The molecule has 0 saturated heterocycles. The van der Waals surface area contributed by atoms with Gasteiger partial charge in [-0.1, -0.05) is 43.6 Å². The summed E-state index contributed by atoms with van der Waals surface area (Å²) in [5.41, 5.74) is 0.755. The predicted octanol–water partition coefficient (Wildman–Crippen LogP) is 3.44. The second-order valence-electron chi connectivity index (χ2n) is 3.21. The molecule has 2 rings (SSSR count). The molecule has 2 aromatic rings. The molecule has 0 aliphatic carbocycles. The van der Waals surface area contributed by atoms with Gasteiger partial charge in [0, 0.05) is 14.5 Å². The van der Waals surface area contributed by atoms with Crippen molar-refractivity contribution < 1.29 is 14.3 Å². The van der Waals surface area contributed by atoms with E-state index in [0.29, 0.717) is 5.89 Å². The van der Waals surface area contributed by atoms with E-state index in [1.807, 2.05) is 18.2 Å². The molecule has 8 heteroatoms. The highest BCUT2D eigenvalue weighted by Gasteiger charge is 2.11. The molecule has 0 bridgehead atoms. The van der Waals surface area contributed by atoms with E-state index in [9.17, 15) is 4.79 Å². The lowest BCUT2D eigenvalue weighted by Gasteiger charge is -1.97. The number of aliphatic carboxylic acids is 1. The maximum absolute atomic E-state index is 10.4. The number of carboxylic acid groups (broad SMARTS) is 1. The van der Waals surface area contributed by atoms with E-state index in [2.05, 4.69) is 42.1 Å². The van der Waals surface area contributed by atoms with E-state index < -0.39 is 5.97 Å². The van der Waals surface area contributed by atoms with Crippen LogP contribution in [0.3, 0.4) is 0 Å². The maximum Gasteiger partial charge on any atom is 0.314 e. The van der Waals surface area contributed by atoms with E-state index in [1.165, 1.54) is 0 Å². The number of benzene rings is 1. The Hall–Kier alpha value is -0.860. The molecule has 0 spiro atoms. The zero-order valence-electron chi connectivity index (χ0n) is 8.76. The maximum atomic E-state index is 10.4. The fourth-order valence-corrected chi connectivity index (χ4v) is 2.96. The minimum atomic E-state index is -0.926. The first kappa shape index (κ1) is 13.6. The monoisotopic (exact) mass is 392 g/mol.